The zero-order valence-corrected chi connectivity index (χ0v) is 14.4. The predicted molar refractivity (Wildman–Crippen MR) is 86.0 cm³/mol. The summed E-state index contributed by atoms with van der Waals surface area (Å²) in [5.74, 6) is 0. The average molecular weight is 421 g/mol. The predicted octanol–water partition coefficient (Wildman–Crippen LogP) is 3.30. The molecule has 5 nitrogen and oxygen atoms in total. The van der Waals surface area contributed by atoms with E-state index in [9.17, 15) is 8.42 Å². The van der Waals surface area contributed by atoms with Crippen LogP contribution >= 0.6 is 31.9 Å². The monoisotopic (exact) mass is 419 g/mol. The molecule has 1 aromatic heterocycles. The average Bonchev–Trinajstić information content (AvgIpc) is 2.25. The van der Waals surface area contributed by atoms with Crippen LogP contribution in [0.1, 0.15) is 5.56 Å². The summed E-state index contributed by atoms with van der Waals surface area (Å²) < 4.78 is 28.3. The molecule has 0 fully saturated rings. The molecule has 0 unspecified atom stereocenters. The third kappa shape index (κ3) is 3.31. The Bertz CT molecular complexity index is 740. The first-order valence-electron chi connectivity index (χ1n) is 5.48. The molecule has 1 aromatic carbocycles. The quantitative estimate of drug-likeness (QED) is 0.746. The number of hydrogen-bond acceptors (Lipinski definition) is 4. The summed E-state index contributed by atoms with van der Waals surface area (Å²) >= 11 is 6.47. The number of nitrogens with two attached hydrogens (primary N) is 1. The van der Waals surface area contributed by atoms with Crippen molar-refractivity contribution in [2.45, 2.75) is 11.8 Å². The normalized spacial score (nSPS) is 11.3. The highest BCUT2D eigenvalue weighted by atomic mass is 79.9. The van der Waals surface area contributed by atoms with Crippen molar-refractivity contribution < 1.29 is 8.42 Å². The van der Waals surface area contributed by atoms with Crippen LogP contribution in [0.4, 0.5) is 11.4 Å². The van der Waals surface area contributed by atoms with Crippen LogP contribution in [-0.4, -0.2) is 13.4 Å². The molecule has 0 bridgehead atoms. The first-order chi connectivity index (χ1) is 9.29. The van der Waals surface area contributed by atoms with Gasteiger partial charge in [0.25, 0.3) is 10.0 Å². The number of sulfonamides is 1. The molecule has 8 heteroatoms. The van der Waals surface area contributed by atoms with E-state index in [1.165, 1.54) is 12.3 Å². The van der Waals surface area contributed by atoms with Gasteiger partial charge in [-0.05, 0) is 46.6 Å². The highest BCUT2D eigenvalue weighted by Gasteiger charge is 2.22. The van der Waals surface area contributed by atoms with Crippen molar-refractivity contribution in [1.82, 2.24) is 4.98 Å². The number of hydrogen-bond donors (Lipinski definition) is 2. The molecule has 0 spiro atoms. The second kappa shape index (κ2) is 5.71. The van der Waals surface area contributed by atoms with E-state index in [4.69, 9.17) is 5.73 Å². The molecule has 0 amide bonds. The molecular weight excluding hydrogens is 410 g/mol. The van der Waals surface area contributed by atoms with Crippen LogP contribution in [0.25, 0.3) is 0 Å². The van der Waals surface area contributed by atoms with Gasteiger partial charge in [0.2, 0.25) is 0 Å². The minimum atomic E-state index is -3.79. The molecule has 0 aliphatic carbocycles. The van der Waals surface area contributed by atoms with Gasteiger partial charge in [-0.3, -0.25) is 9.71 Å². The van der Waals surface area contributed by atoms with E-state index < -0.39 is 10.0 Å². The highest BCUT2D eigenvalue weighted by molar-refractivity contribution is 9.11. The van der Waals surface area contributed by atoms with Crippen LogP contribution in [-0.2, 0) is 10.0 Å². The molecule has 1 heterocycles. The van der Waals surface area contributed by atoms with Crippen molar-refractivity contribution in [2.24, 2.45) is 0 Å². The fraction of sp³-hybridized carbons (Fsp3) is 0.0833. The lowest BCUT2D eigenvalue weighted by Crippen LogP contribution is -2.15. The van der Waals surface area contributed by atoms with Gasteiger partial charge in [0, 0.05) is 15.1 Å². The summed E-state index contributed by atoms with van der Waals surface area (Å²) in [5.41, 5.74) is 7.19. The van der Waals surface area contributed by atoms with Crippen molar-refractivity contribution in [3.05, 3.63) is 45.1 Å². The first kappa shape index (κ1) is 15.3. The van der Waals surface area contributed by atoms with Crippen LogP contribution < -0.4 is 10.5 Å². The summed E-state index contributed by atoms with van der Waals surface area (Å²) in [5, 5.41) is 0. The molecule has 2 aromatic rings. The van der Waals surface area contributed by atoms with E-state index in [0.717, 1.165) is 5.56 Å². The van der Waals surface area contributed by atoms with Gasteiger partial charge in [-0.25, -0.2) is 8.42 Å². The largest absolute Gasteiger partial charge is 0.398 e. The molecule has 0 saturated carbocycles. The first-order valence-corrected chi connectivity index (χ1v) is 8.55. The van der Waals surface area contributed by atoms with Gasteiger partial charge in [0.1, 0.15) is 4.90 Å². The van der Waals surface area contributed by atoms with E-state index in [1.807, 2.05) is 6.92 Å². The molecular formula is C12H11Br2N3O2S. The fourth-order valence-electron chi connectivity index (χ4n) is 1.68. The van der Waals surface area contributed by atoms with Gasteiger partial charge in [-0.15, -0.1) is 0 Å². The van der Waals surface area contributed by atoms with E-state index in [1.54, 1.807) is 18.3 Å². The van der Waals surface area contributed by atoms with E-state index in [0.29, 0.717) is 14.6 Å². The van der Waals surface area contributed by atoms with Crippen molar-refractivity contribution in [1.29, 1.82) is 0 Å². The van der Waals surface area contributed by atoms with Crippen LogP contribution in [0.3, 0.4) is 0 Å². The maximum atomic E-state index is 12.4. The lowest BCUT2D eigenvalue weighted by Gasteiger charge is -2.12. The van der Waals surface area contributed by atoms with Gasteiger partial charge < -0.3 is 5.73 Å². The Kier molecular flexibility index (Phi) is 4.36. The maximum Gasteiger partial charge on any atom is 0.265 e. The Morgan fingerprint density at radius 2 is 1.90 bits per heavy atom. The van der Waals surface area contributed by atoms with E-state index >= 15 is 0 Å². The number of anilines is 2. The van der Waals surface area contributed by atoms with Crippen molar-refractivity contribution in [2.75, 3.05) is 10.5 Å². The minimum Gasteiger partial charge on any atom is -0.398 e. The molecule has 0 saturated heterocycles. The molecule has 0 aliphatic heterocycles. The Labute approximate surface area is 133 Å². The van der Waals surface area contributed by atoms with Gasteiger partial charge in [0.05, 0.1) is 17.6 Å². The summed E-state index contributed by atoms with van der Waals surface area (Å²) in [6, 6.07) is 4.85. The Morgan fingerprint density at radius 3 is 2.50 bits per heavy atom. The standard InChI is InChI=1S/C12H11Br2N3O2S/c1-7-2-9(6-16-5-7)17-20(18,19)12-10(14)3-8(13)4-11(12)15/h2-6,17H,15H2,1H3. The molecule has 106 valence electrons. The van der Waals surface area contributed by atoms with Gasteiger partial charge in [-0.1, -0.05) is 15.9 Å². The van der Waals surface area contributed by atoms with E-state index in [2.05, 4.69) is 41.6 Å². The number of nitrogen functional groups attached to an aromatic ring is 1. The molecule has 0 aliphatic rings. The number of aromatic nitrogens is 1. The van der Waals surface area contributed by atoms with Crippen LogP contribution in [0.5, 0.6) is 0 Å². The lowest BCUT2D eigenvalue weighted by molar-refractivity contribution is 0.601. The third-order valence-corrected chi connectivity index (χ3v) is 5.28. The smallest absolute Gasteiger partial charge is 0.265 e. The second-order valence-electron chi connectivity index (χ2n) is 4.16. The number of halogens is 2. The molecule has 0 radical (unpaired) electrons. The van der Waals surface area contributed by atoms with Gasteiger partial charge >= 0.3 is 0 Å². The van der Waals surface area contributed by atoms with Crippen molar-refractivity contribution in [3.63, 3.8) is 0 Å². The number of nitrogens with zero attached hydrogens (tertiary/aromatic N) is 1. The molecule has 2 rings (SSSR count). The highest BCUT2D eigenvalue weighted by Crippen LogP contribution is 2.32. The van der Waals surface area contributed by atoms with Crippen LogP contribution in [0, 0.1) is 6.92 Å². The number of pyridine rings is 1. The Balaban J connectivity index is 2.46. The Hall–Kier alpha value is -1.12. The minimum absolute atomic E-state index is 0.00204. The number of aryl methyl sites for hydroxylation is 1. The lowest BCUT2D eigenvalue weighted by atomic mass is 10.3. The summed E-state index contributed by atoms with van der Waals surface area (Å²) in [6.45, 7) is 1.83. The fourth-order valence-corrected chi connectivity index (χ4v) is 4.79. The number of rotatable bonds is 3. The van der Waals surface area contributed by atoms with Gasteiger partial charge in [-0.2, -0.15) is 0 Å². The van der Waals surface area contributed by atoms with Gasteiger partial charge in [0.15, 0.2) is 0 Å². The summed E-state index contributed by atoms with van der Waals surface area (Å²) in [7, 11) is -3.79. The van der Waals surface area contributed by atoms with Crippen molar-refractivity contribution in [3.8, 4) is 0 Å². The van der Waals surface area contributed by atoms with E-state index in [-0.39, 0.29) is 10.6 Å². The molecule has 20 heavy (non-hydrogen) atoms. The maximum absolute atomic E-state index is 12.4. The zero-order valence-electron chi connectivity index (χ0n) is 10.4. The molecule has 3 N–H and O–H groups in total. The van der Waals surface area contributed by atoms with Crippen LogP contribution in [0.15, 0.2) is 44.4 Å². The molecule has 0 atom stereocenters. The summed E-state index contributed by atoms with van der Waals surface area (Å²) in [4.78, 5) is 3.95. The zero-order chi connectivity index (χ0) is 14.9. The van der Waals surface area contributed by atoms with Crippen molar-refractivity contribution >= 4 is 53.3 Å². The topological polar surface area (TPSA) is 85.1 Å². The third-order valence-electron chi connectivity index (χ3n) is 2.43. The summed E-state index contributed by atoms with van der Waals surface area (Å²) in [6.07, 6.45) is 3.08. The number of nitrogens with one attached hydrogen (secondary N) is 1. The number of benzene rings is 1. The van der Waals surface area contributed by atoms with Crippen LogP contribution in [0.2, 0.25) is 0 Å². The SMILES string of the molecule is Cc1cncc(NS(=O)(=O)c2c(N)cc(Br)cc2Br)c1. The Morgan fingerprint density at radius 1 is 1.20 bits per heavy atom. The second-order valence-corrected chi connectivity index (χ2v) is 7.55.